The van der Waals surface area contributed by atoms with Crippen LogP contribution in [0.3, 0.4) is 0 Å². The van der Waals surface area contributed by atoms with Crippen molar-refractivity contribution in [1.82, 2.24) is 0 Å². The summed E-state index contributed by atoms with van der Waals surface area (Å²) in [6.07, 6.45) is 0. The van der Waals surface area contributed by atoms with Crippen LogP contribution in [-0.2, 0) is 9.47 Å². The number of ether oxygens (including phenoxy) is 2. The smallest absolute Gasteiger partial charge is 0.344 e. The molecule has 0 spiro atoms. The predicted molar refractivity (Wildman–Crippen MR) is 125 cm³/mol. The van der Waals surface area contributed by atoms with E-state index in [0.717, 1.165) is 11.1 Å². The molecule has 1 heterocycles. The van der Waals surface area contributed by atoms with E-state index >= 15 is 0 Å². The zero-order valence-corrected chi connectivity index (χ0v) is 19.2. The Balaban J connectivity index is 2.16. The molecule has 0 fully saturated rings. The first-order chi connectivity index (χ1) is 15.2. The van der Waals surface area contributed by atoms with Crippen LogP contribution in [0.2, 0.25) is 0 Å². The highest BCUT2D eigenvalue weighted by Crippen LogP contribution is 2.38. The zero-order chi connectivity index (χ0) is 23.3. The molecule has 168 valence electrons. The van der Waals surface area contributed by atoms with Gasteiger partial charge in [0.05, 0.1) is 13.2 Å². The summed E-state index contributed by atoms with van der Waals surface area (Å²) in [6.45, 7) is 9.56. The van der Waals surface area contributed by atoms with Gasteiger partial charge in [0.25, 0.3) is 0 Å². The minimum atomic E-state index is -0.641. The average Bonchev–Trinajstić information content (AvgIpc) is 3.12. The summed E-state index contributed by atoms with van der Waals surface area (Å²) in [4.78, 5) is 25.8. The number of rotatable bonds is 7. The van der Waals surface area contributed by atoms with Gasteiger partial charge in [0.15, 0.2) is 5.76 Å². The van der Waals surface area contributed by atoms with E-state index in [-0.39, 0.29) is 36.0 Å². The maximum absolute atomic E-state index is 12.9. The van der Waals surface area contributed by atoms with Gasteiger partial charge in [-0.05, 0) is 45.7 Å². The van der Waals surface area contributed by atoms with Gasteiger partial charge in [-0.15, -0.1) is 0 Å². The van der Waals surface area contributed by atoms with E-state index in [2.05, 4.69) is 5.32 Å². The Bertz CT molecular complexity index is 1080. The maximum atomic E-state index is 12.9. The summed E-state index contributed by atoms with van der Waals surface area (Å²) >= 11 is 0. The molecule has 0 bridgehead atoms. The van der Waals surface area contributed by atoms with E-state index in [1.165, 1.54) is 0 Å². The molecule has 2 aromatic carbocycles. The van der Waals surface area contributed by atoms with Gasteiger partial charge in [0.2, 0.25) is 5.88 Å². The van der Waals surface area contributed by atoms with Crippen LogP contribution < -0.4 is 5.32 Å². The van der Waals surface area contributed by atoms with E-state index in [4.69, 9.17) is 13.9 Å². The van der Waals surface area contributed by atoms with Crippen molar-refractivity contribution in [2.45, 2.75) is 40.2 Å². The van der Waals surface area contributed by atoms with Crippen molar-refractivity contribution in [2.24, 2.45) is 0 Å². The number of hydrogen-bond donors (Lipinski definition) is 1. The molecule has 0 aliphatic carbocycles. The summed E-state index contributed by atoms with van der Waals surface area (Å²) in [5.41, 5.74) is 2.44. The molecule has 0 unspecified atom stereocenters. The number of nitrogens with one attached hydrogen (secondary N) is 1. The lowest BCUT2D eigenvalue weighted by Gasteiger charge is -2.20. The lowest BCUT2D eigenvalue weighted by atomic mass is 10.0. The highest BCUT2D eigenvalue weighted by atomic mass is 16.5. The molecule has 1 N–H and O–H groups in total. The molecule has 0 aliphatic heterocycles. The van der Waals surface area contributed by atoms with Gasteiger partial charge < -0.3 is 19.2 Å². The lowest BCUT2D eigenvalue weighted by molar-refractivity contribution is 0.0481. The maximum Gasteiger partial charge on any atom is 0.344 e. The van der Waals surface area contributed by atoms with Crippen molar-refractivity contribution in [3.63, 3.8) is 0 Å². The summed E-state index contributed by atoms with van der Waals surface area (Å²) in [7, 11) is 0. The summed E-state index contributed by atoms with van der Waals surface area (Å²) in [6, 6.07) is 17.6. The van der Waals surface area contributed by atoms with Crippen LogP contribution in [0.25, 0.3) is 22.5 Å². The largest absolute Gasteiger partial charge is 0.462 e. The molecule has 0 aliphatic rings. The number of carbonyl (C=O) groups excluding carboxylic acids is 2. The van der Waals surface area contributed by atoms with Crippen LogP contribution in [-0.4, -0.2) is 30.7 Å². The van der Waals surface area contributed by atoms with Gasteiger partial charge in [-0.2, -0.15) is 0 Å². The number of carbonyl (C=O) groups is 2. The third-order valence-electron chi connectivity index (χ3n) is 4.61. The highest BCUT2D eigenvalue weighted by molar-refractivity contribution is 6.10. The summed E-state index contributed by atoms with van der Waals surface area (Å²) in [5.74, 6) is -0.833. The minimum absolute atomic E-state index is 0.0439. The van der Waals surface area contributed by atoms with Crippen molar-refractivity contribution < 1.29 is 23.5 Å². The average molecular weight is 436 g/mol. The highest BCUT2D eigenvalue weighted by Gasteiger charge is 2.34. The SMILES string of the molecule is CCOC(=O)c1c(NC(C)(C)C)oc(-c2ccc(-c3ccccc3)cc2)c1C(=O)OCC. The van der Waals surface area contributed by atoms with Crippen LogP contribution in [0.1, 0.15) is 55.3 Å². The van der Waals surface area contributed by atoms with E-state index in [1.807, 2.05) is 75.4 Å². The third-order valence-corrected chi connectivity index (χ3v) is 4.61. The van der Waals surface area contributed by atoms with E-state index in [1.54, 1.807) is 13.8 Å². The van der Waals surface area contributed by atoms with Crippen molar-refractivity contribution in [1.29, 1.82) is 0 Å². The van der Waals surface area contributed by atoms with Crippen molar-refractivity contribution in [3.8, 4) is 22.5 Å². The fourth-order valence-corrected chi connectivity index (χ4v) is 3.30. The molecule has 6 heteroatoms. The molecule has 0 amide bonds. The van der Waals surface area contributed by atoms with Crippen LogP contribution in [0.4, 0.5) is 5.88 Å². The van der Waals surface area contributed by atoms with E-state index in [0.29, 0.717) is 5.56 Å². The molecular weight excluding hydrogens is 406 g/mol. The molecule has 3 aromatic rings. The fraction of sp³-hybridized carbons (Fsp3) is 0.308. The van der Waals surface area contributed by atoms with Crippen molar-refractivity contribution in [3.05, 3.63) is 65.7 Å². The Morgan fingerprint density at radius 2 is 1.28 bits per heavy atom. The second kappa shape index (κ2) is 9.73. The number of hydrogen-bond acceptors (Lipinski definition) is 6. The molecule has 3 rings (SSSR count). The monoisotopic (exact) mass is 435 g/mol. The molecule has 6 nitrogen and oxygen atoms in total. The Kier molecular flexibility index (Phi) is 7.03. The second-order valence-corrected chi connectivity index (χ2v) is 8.27. The molecule has 1 aromatic heterocycles. The van der Waals surface area contributed by atoms with Gasteiger partial charge in [0.1, 0.15) is 11.1 Å². The normalized spacial score (nSPS) is 11.2. The molecule has 0 atom stereocenters. The van der Waals surface area contributed by atoms with Gasteiger partial charge in [-0.1, -0.05) is 54.6 Å². The second-order valence-electron chi connectivity index (χ2n) is 8.27. The molecule has 0 radical (unpaired) electrons. The first kappa shape index (κ1) is 23.1. The standard InChI is InChI=1S/C26H29NO5/c1-6-30-24(28)20-21(25(29)31-7-2)23(27-26(3,4)5)32-22(20)19-15-13-18(14-16-19)17-11-9-8-10-12-17/h8-16,27H,6-7H2,1-5H3. The summed E-state index contributed by atoms with van der Waals surface area (Å²) < 4.78 is 16.6. The Morgan fingerprint density at radius 3 is 1.81 bits per heavy atom. The fourth-order valence-electron chi connectivity index (χ4n) is 3.30. The minimum Gasteiger partial charge on any atom is -0.462 e. The molecule has 32 heavy (non-hydrogen) atoms. The van der Waals surface area contributed by atoms with Gasteiger partial charge in [0, 0.05) is 11.1 Å². The van der Waals surface area contributed by atoms with Gasteiger partial charge in [-0.3, -0.25) is 0 Å². The van der Waals surface area contributed by atoms with Crippen molar-refractivity contribution in [2.75, 3.05) is 18.5 Å². The van der Waals surface area contributed by atoms with E-state index < -0.39 is 17.5 Å². The quantitative estimate of drug-likeness (QED) is 0.447. The number of esters is 2. The predicted octanol–water partition coefficient (Wildman–Crippen LogP) is 6.18. The number of benzene rings is 2. The third kappa shape index (κ3) is 5.19. The van der Waals surface area contributed by atoms with Gasteiger partial charge in [-0.25, -0.2) is 9.59 Å². The molecule has 0 saturated heterocycles. The number of furan rings is 1. The van der Waals surface area contributed by atoms with Crippen LogP contribution in [0.15, 0.2) is 59.0 Å². The topological polar surface area (TPSA) is 77.8 Å². The van der Waals surface area contributed by atoms with Crippen LogP contribution in [0.5, 0.6) is 0 Å². The zero-order valence-electron chi connectivity index (χ0n) is 19.2. The molecular formula is C26H29NO5. The Hall–Kier alpha value is -3.54. The summed E-state index contributed by atoms with van der Waals surface area (Å²) in [5, 5.41) is 3.18. The Morgan fingerprint density at radius 1 is 0.781 bits per heavy atom. The van der Waals surface area contributed by atoms with Crippen molar-refractivity contribution >= 4 is 17.8 Å². The van der Waals surface area contributed by atoms with E-state index in [9.17, 15) is 9.59 Å². The first-order valence-electron chi connectivity index (χ1n) is 10.7. The van der Waals surface area contributed by atoms with Crippen LogP contribution in [0, 0.1) is 0 Å². The van der Waals surface area contributed by atoms with Gasteiger partial charge >= 0.3 is 11.9 Å². The molecule has 0 saturated carbocycles. The lowest BCUT2D eigenvalue weighted by Crippen LogP contribution is -2.27. The first-order valence-corrected chi connectivity index (χ1v) is 10.7. The van der Waals surface area contributed by atoms with Crippen LogP contribution >= 0.6 is 0 Å². The Labute approximate surface area is 188 Å². The number of anilines is 1.